The molecule has 0 aromatic rings. The van der Waals surface area contributed by atoms with E-state index >= 15 is 0 Å². The first kappa shape index (κ1) is 14.5. The summed E-state index contributed by atoms with van der Waals surface area (Å²) in [4.78, 5) is 33.8. The van der Waals surface area contributed by atoms with Gasteiger partial charge in [-0.1, -0.05) is 0 Å². The minimum atomic E-state index is -1.07. The third-order valence-corrected chi connectivity index (χ3v) is 3.50. The first-order valence-corrected chi connectivity index (χ1v) is 6.08. The minimum absolute atomic E-state index is 0.220. The van der Waals surface area contributed by atoms with Gasteiger partial charge in [-0.05, 0) is 39.5 Å². The maximum atomic E-state index is 11.9. The summed E-state index contributed by atoms with van der Waals surface area (Å²) in [5.41, 5.74) is 4.11. The van der Waals surface area contributed by atoms with Gasteiger partial charge in [0, 0.05) is 5.92 Å². The Morgan fingerprint density at radius 3 is 1.94 bits per heavy atom. The van der Waals surface area contributed by atoms with Gasteiger partial charge in [-0.2, -0.15) is 0 Å². The van der Waals surface area contributed by atoms with E-state index in [1.54, 1.807) is 13.8 Å². The molecule has 1 rings (SSSR count). The zero-order valence-corrected chi connectivity index (χ0v) is 10.7. The molecule has 0 aromatic heterocycles. The first-order valence-electron chi connectivity index (χ1n) is 6.08. The standard InChI is InChI=1S/C12H20N2O4/c1-12(2,11(13)18)14-9(15)7-3-5-8(6-4-7)10(16)17/h7-8H,3-6H2,1-2H3,(H2,13,18)(H,14,15)(H,16,17). The molecule has 0 radical (unpaired) electrons. The van der Waals surface area contributed by atoms with Gasteiger partial charge in [-0.25, -0.2) is 0 Å². The molecule has 1 aliphatic carbocycles. The normalized spacial score (nSPS) is 24.3. The molecule has 6 nitrogen and oxygen atoms in total. The van der Waals surface area contributed by atoms with E-state index in [0.717, 1.165) is 0 Å². The van der Waals surface area contributed by atoms with Crippen LogP contribution in [0.25, 0.3) is 0 Å². The van der Waals surface area contributed by atoms with Gasteiger partial charge < -0.3 is 16.2 Å². The van der Waals surface area contributed by atoms with Crippen molar-refractivity contribution in [2.75, 3.05) is 0 Å². The van der Waals surface area contributed by atoms with Crippen molar-refractivity contribution in [3.63, 3.8) is 0 Å². The highest BCUT2D eigenvalue weighted by molar-refractivity contribution is 5.90. The fraction of sp³-hybridized carbons (Fsp3) is 0.750. The Bertz CT molecular complexity index is 357. The third kappa shape index (κ3) is 3.45. The molecule has 2 amide bonds. The Hall–Kier alpha value is -1.59. The Kier molecular flexibility index (Phi) is 4.32. The molecule has 0 saturated heterocycles. The molecule has 1 aliphatic rings. The van der Waals surface area contributed by atoms with Crippen molar-refractivity contribution in [2.45, 2.75) is 45.1 Å². The molecule has 102 valence electrons. The number of amides is 2. The van der Waals surface area contributed by atoms with E-state index in [1.807, 2.05) is 0 Å². The van der Waals surface area contributed by atoms with Crippen LogP contribution in [0, 0.1) is 11.8 Å². The van der Waals surface area contributed by atoms with Crippen molar-refractivity contribution < 1.29 is 19.5 Å². The van der Waals surface area contributed by atoms with Crippen molar-refractivity contribution >= 4 is 17.8 Å². The molecule has 0 aliphatic heterocycles. The lowest BCUT2D eigenvalue weighted by molar-refractivity contribution is -0.144. The summed E-state index contributed by atoms with van der Waals surface area (Å²) in [5, 5.41) is 11.5. The van der Waals surface area contributed by atoms with Gasteiger partial charge in [0.25, 0.3) is 0 Å². The average molecular weight is 256 g/mol. The van der Waals surface area contributed by atoms with Crippen molar-refractivity contribution in [1.82, 2.24) is 5.32 Å². The van der Waals surface area contributed by atoms with Gasteiger partial charge in [0.2, 0.25) is 11.8 Å². The number of aliphatic carboxylic acids is 1. The van der Waals surface area contributed by atoms with Crippen LogP contribution in [0.5, 0.6) is 0 Å². The van der Waals surface area contributed by atoms with E-state index in [0.29, 0.717) is 25.7 Å². The SMILES string of the molecule is CC(C)(NC(=O)C1CCC(C(=O)O)CC1)C(N)=O. The molecular weight excluding hydrogens is 236 g/mol. The number of hydrogen-bond acceptors (Lipinski definition) is 3. The summed E-state index contributed by atoms with van der Waals surface area (Å²) in [6, 6.07) is 0. The van der Waals surface area contributed by atoms with Gasteiger partial charge in [-0.15, -0.1) is 0 Å². The molecule has 1 saturated carbocycles. The predicted molar refractivity (Wildman–Crippen MR) is 64.5 cm³/mol. The second-order valence-electron chi connectivity index (χ2n) is 5.37. The van der Waals surface area contributed by atoms with Crippen LogP contribution in [-0.2, 0) is 14.4 Å². The van der Waals surface area contributed by atoms with E-state index in [-0.39, 0.29) is 17.7 Å². The average Bonchev–Trinajstić information content (AvgIpc) is 2.28. The number of hydrogen-bond donors (Lipinski definition) is 3. The van der Waals surface area contributed by atoms with Gasteiger partial charge in [0.1, 0.15) is 5.54 Å². The topological polar surface area (TPSA) is 109 Å². The predicted octanol–water partition coefficient (Wildman–Crippen LogP) is 0.258. The quantitative estimate of drug-likeness (QED) is 0.670. The number of carboxylic acids is 1. The van der Waals surface area contributed by atoms with Crippen LogP contribution in [0.4, 0.5) is 0 Å². The van der Waals surface area contributed by atoms with Gasteiger partial charge in [-0.3, -0.25) is 14.4 Å². The molecule has 0 bridgehead atoms. The zero-order chi connectivity index (χ0) is 13.9. The molecular formula is C12H20N2O4. The van der Waals surface area contributed by atoms with Crippen LogP contribution < -0.4 is 11.1 Å². The third-order valence-electron chi connectivity index (χ3n) is 3.50. The number of carbonyl (C=O) groups is 3. The number of primary amides is 1. The van der Waals surface area contributed by atoms with Crippen molar-refractivity contribution in [3.8, 4) is 0 Å². The highest BCUT2D eigenvalue weighted by atomic mass is 16.4. The Morgan fingerprint density at radius 1 is 1.11 bits per heavy atom. The summed E-state index contributed by atoms with van der Waals surface area (Å²) in [6.07, 6.45) is 2.09. The lowest BCUT2D eigenvalue weighted by atomic mass is 9.81. The smallest absolute Gasteiger partial charge is 0.306 e. The highest BCUT2D eigenvalue weighted by Crippen LogP contribution is 2.29. The fourth-order valence-electron chi connectivity index (χ4n) is 2.07. The van der Waals surface area contributed by atoms with E-state index in [2.05, 4.69) is 5.32 Å². The maximum absolute atomic E-state index is 11.9. The van der Waals surface area contributed by atoms with E-state index in [9.17, 15) is 14.4 Å². The van der Waals surface area contributed by atoms with E-state index in [1.165, 1.54) is 0 Å². The van der Waals surface area contributed by atoms with Crippen LogP contribution in [0.3, 0.4) is 0 Å². The number of nitrogens with two attached hydrogens (primary N) is 1. The molecule has 4 N–H and O–H groups in total. The lowest BCUT2D eigenvalue weighted by Gasteiger charge is -2.29. The number of rotatable bonds is 4. The summed E-state index contributed by atoms with van der Waals surface area (Å²) in [5.74, 6) is -2.18. The molecule has 6 heteroatoms. The Balaban J connectivity index is 2.51. The zero-order valence-electron chi connectivity index (χ0n) is 10.7. The summed E-state index contributed by atoms with van der Waals surface area (Å²) >= 11 is 0. The van der Waals surface area contributed by atoms with Crippen LogP contribution in [-0.4, -0.2) is 28.4 Å². The van der Waals surface area contributed by atoms with Crippen molar-refractivity contribution in [1.29, 1.82) is 0 Å². The Morgan fingerprint density at radius 2 is 1.56 bits per heavy atom. The van der Waals surface area contributed by atoms with Gasteiger partial charge in [0.15, 0.2) is 0 Å². The van der Waals surface area contributed by atoms with Crippen molar-refractivity contribution in [2.24, 2.45) is 17.6 Å². The number of carboxylic acid groups (broad SMARTS) is 1. The van der Waals surface area contributed by atoms with Gasteiger partial charge >= 0.3 is 5.97 Å². The van der Waals surface area contributed by atoms with Gasteiger partial charge in [0.05, 0.1) is 5.92 Å². The first-order chi connectivity index (χ1) is 8.24. The largest absolute Gasteiger partial charge is 0.481 e. The van der Waals surface area contributed by atoms with Crippen LogP contribution in [0.15, 0.2) is 0 Å². The number of carbonyl (C=O) groups excluding carboxylic acids is 2. The molecule has 18 heavy (non-hydrogen) atoms. The molecule has 0 atom stereocenters. The number of nitrogens with one attached hydrogen (secondary N) is 1. The second-order valence-corrected chi connectivity index (χ2v) is 5.37. The van der Waals surface area contributed by atoms with Crippen LogP contribution >= 0.6 is 0 Å². The fourth-order valence-corrected chi connectivity index (χ4v) is 2.07. The van der Waals surface area contributed by atoms with Crippen LogP contribution in [0.1, 0.15) is 39.5 Å². The molecule has 0 spiro atoms. The van der Waals surface area contributed by atoms with E-state index in [4.69, 9.17) is 10.8 Å². The monoisotopic (exact) mass is 256 g/mol. The maximum Gasteiger partial charge on any atom is 0.306 e. The summed E-state index contributed by atoms with van der Waals surface area (Å²) in [7, 11) is 0. The Labute approximate surface area is 106 Å². The molecule has 1 fully saturated rings. The summed E-state index contributed by atoms with van der Waals surface area (Å²) in [6.45, 7) is 3.10. The molecule has 0 unspecified atom stereocenters. The second kappa shape index (κ2) is 5.37. The van der Waals surface area contributed by atoms with E-state index < -0.39 is 17.4 Å². The molecule has 0 aromatic carbocycles. The van der Waals surface area contributed by atoms with Crippen LogP contribution in [0.2, 0.25) is 0 Å². The minimum Gasteiger partial charge on any atom is -0.481 e. The highest BCUT2D eigenvalue weighted by Gasteiger charge is 2.33. The van der Waals surface area contributed by atoms with Crippen molar-refractivity contribution in [3.05, 3.63) is 0 Å². The summed E-state index contributed by atoms with van der Waals surface area (Å²) < 4.78 is 0. The molecule has 0 heterocycles. The lowest BCUT2D eigenvalue weighted by Crippen LogP contribution is -2.54.